The van der Waals surface area contributed by atoms with Crippen LogP contribution in [0.15, 0.2) is 0 Å². The summed E-state index contributed by atoms with van der Waals surface area (Å²) >= 11 is 0. The van der Waals surface area contributed by atoms with E-state index in [1.165, 1.54) is 0 Å². The van der Waals surface area contributed by atoms with Crippen LogP contribution >= 0.6 is 0 Å². The van der Waals surface area contributed by atoms with Crippen molar-refractivity contribution in [2.75, 3.05) is 19.7 Å². The predicted octanol–water partition coefficient (Wildman–Crippen LogP) is -1.05. The summed E-state index contributed by atoms with van der Waals surface area (Å²) < 4.78 is 0. The summed E-state index contributed by atoms with van der Waals surface area (Å²) in [5, 5.41) is 20.4. The van der Waals surface area contributed by atoms with Gasteiger partial charge in [0.25, 0.3) is 0 Å². The summed E-state index contributed by atoms with van der Waals surface area (Å²) in [6, 6.07) is 0. The van der Waals surface area contributed by atoms with Crippen LogP contribution in [0.2, 0.25) is 0 Å². The number of nitrogens with one attached hydrogen (secondary N) is 1. The number of hydrogen-bond acceptors (Lipinski definition) is 3. The van der Waals surface area contributed by atoms with Crippen molar-refractivity contribution in [3.63, 3.8) is 0 Å². The quantitative estimate of drug-likeness (QED) is 0.458. The smallest absolute Gasteiger partial charge is 0.0774 e. The van der Waals surface area contributed by atoms with E-state index in [1.54, 1.807) is 0 Å². The summed E-state index contributed by atoms with van der Waals surface area (Å²) in [7, 11) is 0. The molecule has 0 spiro atoms. The predicted molar refractivity (Wildman–Crippen MR) is 34.1 cm³/mol. The lowest BCUT2D eigenvalue weighted by molar-refractivity contribution is 0.0656. The maximum atomic E-state index is 8.92. The lowest BCUT2D eigenvalue weighted by Crippen LogP contribution is -2.43. The second kappa shape index (κ2) is 3.15. The molecule has 3 heteroatoms. The first-order valence-electron chi connectivity index (χ1n) is 3.32. The van der Waals surface area contributed by atoms with Gasteiger partial charge in [0, 0.05) is 0 Å². The van der Waals surface area contributed by atoms with Gasteiger partial charge in [-0.05, 0) is 25.4 Å². The first kappa shape index (κ1) is 6.99. The Kier molecular flexibility index (Phi) is 2.45. The van der Waals surface area contributed by atoms with Crippen molar-refractivity contribution in [2.24, 2.45) is 5.92 Å². The lowest BCUT2D eigenvalue weighted by Gasteiger charge is -2.28. The molecule has 0 aliphatic carbocycles. The van der Waals surface area contributed by atoms with E-state index in [1.807, 2.05) is 0 Å². The molecule has 3 N–H and O–H groups in total. The Balaban J connectivity index is 2.01. The largest absolute Gasteiger partial charge is 0.394 e. The van der Waals surface area contributed by atoms with Gasteiger partial charge in [0.15, 0.2) is 0 Å². The third kappa shape index (κ3) is 1.93. The summed E-state index contributed by atoms with van der Waals surface area (Å²) in [5.74, 6) is 0.590. The Morgan fingerprint density at radius 3 is 2.56 bits per heavy atom. The van der Waals surface area contributed by atoms with Gasteiger partial charge in [-0.2, -0.15) is 0 Å². The van der Waals surface area contributed by atoms with Crippen LogP contribution in [0.4, 0.5) is 0 Å². The highest BCUT2D eigenvalue weighted by Crippen LogP contribution is 2.10. The Morgan fingerprint density at radius 1 is 1.56 bits per heavy atom. The molecule has 3 nitrogen and oxygen atoms in total. The molecule has 0 radical (unpaired) electrons. The second-order valence-corrected chi connectivity index (χ2v) is 2.60. The molecule has 0 saturated carbocycles. The molecule has 1 atom stereocenters. The van der Waals surface area contributed by atoms with Crippen LogP contribution < -0.4 is 5.32 Å². The number of rotatable bonds is 3. The van der Waals surface area contributed by atoms with E-state index in [9.17, 15) is 0 Å². The van der Waals surface area contributed by atoms with Gasteiger partial charge in [-0.1, -0.05) is 0 Å². The normalized spacial score (nSPS) is 23.3. The van der Waals surface area contributed by atoms with E-state index in [2.05, 4.69) is 5.32 Å². The van der Waals surface area contributed by atoms with E-state index in [4.69, 9.17) is 10.2 Å². The van der Waals surface area contributed by atoms with Gasteiger partial charge in [0.2, 0.25) is 0 Å². The number of aliphatic hydroxyl groups excluding tert-OH is 2. The molecule has 1 fully saturated rings. The van der Waals surface area contributed by atoms with Gasteiger partial charge < -0.3 is 15.5 Å². The summed E-state index contributed by atoms with van der Waals surface area (Å²) in [5.41, 5.74) is 0. The fourth-order valence-corrected chi connectivity index (χ4v) is 0.974. The highest BCUT2D eigenvalue weighted by Gasteiger charge is 2.19. The van der Waals surface area contributed by atoms with Gasteiger partial charge >= 0.3 is 0 Å². The van der Waals surface area contributed by atoms with Crippen LogP contribution in [-0.4, -0.2) is 36.0 Å². The molecule has 0 bridgehead atoms. The Hall–Kier alpha value is -0.120. The Labute approximate surface area is 54.7 Å². The van der Waals surface area contributed by atoms with Crippen LogP contribution in [0, 0.1) is 5.92 Å². The first-order chi connectivity index (χ1) is 4.33. The molecule has 0 aromatic carbocycles. The van der Waals surface area contributed by atoms with Gasteiger partial charge in [0.05, 0.1) is 12.7 Å². The monoisotopic (exact) mass is 131 g/mol. The van der Waals surface area contributed by atoms with E-state index >= 15 is 0 Å². The molecular formula is C6H13NO2. The van der Waals surface area contributed by atoms with Gasteiger partial charge in [-0.3, -0.25) is 0 Å². The van der Waals surface area contributed by atoms with E-state index in [0.29, 0.717) is 5.92 Å². The molecule has 0 unspecified atom stereocenters. The maximum Gasteiger partial charge on any atom is 0.0774 e. The molecule has 0 amide bonds. The summed E-state index contributed by atoms with van der Waals surface area (Å²) in [6.07, 6.45) is 0.237. The van der Waals surface area contributed by atoms with Crippen molar-refractivity contribution in [1.82, 2.24) is 5.32 Å². The molecule has 0 aromatic heterocycles. The zero-order valence-corrected chi connectivity index (χ0v) is 5.38. The highest BCUT2D eigenvalue weighted by molar-refractivity contribution is 4.76. The van der Waals surface area contributed by atoms with Gasteiger partial charge in [0.1, 0.15) is 0 Å². The van der Waals surface area contributed by atoms with Gasteiger partial charge in [-0.15, -0.1) is 0 Å². The van der Waals surface area contributed by atoms with E-state index in [-0.39, 0.29) is 6.61 Å². The molecular weight excluding hydrogens is 118 g/mol. The topological polar surface area (TPSA) is 52.5 Å². The molecule has 54 valence electrons. The standard InChI is InChI=1S/C6H13NO2/c8-4-6(9)1-5-2-7-3-5/h5-9H,1-4H2/t6-/m1/s1. The van der Waals surface area contributed by atoms with Crippen molar-refractivity contribution in [1.29, 1.82) is 0 Å². The highest BCUT2D eigenvalue weighted by atomic mass is 16.3. The minimum absolute atomic E-state index is 0.101. The maximum absolute atomic E-state index is 8.92. The van der Waals surface area contributed by atoms with Crippen LogP contribution in [-0.2, 0) is 0 Å². The van der Waals surface area contributed by atoms with Crippen molar-refractivity contribution in [3.05, 3.63) is 0 Å². The van der Waals surface area contributed by atoms with Crippen molar-refractivity contribution >= 4 is 0 Å². The fourth-order valence-electron chi connectivity index (χ4n) is 0.974. The van der Waals surface area contributed by atoms with Crippen LogP contribution in [0.3, 0.4) is 0 Å². The zero-order valence-electron chi connectivity index (χ0n) is 5.38. The van der Waals surface area contributed by atoms with E-state index in [0.717, 1.165) is 19.5 Å². The molecule has 1 aliphatic heterocycles. The van der Waals surface area contributed by atoms with Crippen molar-refractivity contribution in [3.8, 4) is 0 Å². The van der Waals surface area contributed by atoms with Crippen LogP contribution in [0.1, 0.15) is 6.42 Å². The fraction of sp³-hybridized carbons (Fsp3) is 1.00. The summed E-state index contributed by atoms with van der Waals surface area (Å²) in [6.45, 7) is 1.89. The Morgan fingerprint density at radius 2 is 2.22 bits per heavy atom. The number of hydrogen-bond donors (Lipinski definition) is 3. The second-order valence-electron chi connectivity index (χ2n) is 2.60. The minimum atomic E-state index is -0.503. The Bertz CT molecular complexity index is 80.4. The lowest BCUT2D eigenvalue weighted by atomic mass is 9.96. The van der Waals surface area contributed by atoms with Gasteiger partial charge in [-0.25, -0.2) is 0 Å². The first-order valence-corrected chi connectivity index (χ1v) is 3.32. The van der Waals surface area contributed by atoms with Crippen molar-refractivity contribution < 1.29 is 10.2 Å². The molecule has 0 aromatic rings. The molecule has 1 heterocycles. The van der Waals surface area contributed by atoms with Crippen molar-refractivity contribution in [2.45, 2.75) is 12.5 Å². The molecule has 1 rings (SSSR count). The molecule has 9 heavy (non-hydrogen) atoms. The average molecular weight is 131 g/mol. The summed E-state index contributed by atoms with van der Waals surface area (Å²) in [4.78, 5) is 0. The minimum Gasteiger partial charge on any atom is -0.394 e. The number of aliphatic hydroxyl groups is 2. The zero-order chi connectivity index (χ0) is 6.69. The average Bonchev–Trinajstić information content (AvgIpc) is 1.78. The van der Waals surface area contributed by atoms with Crippen LogP contribution in [0.5, 0.6) is 0 Å². The SMILES string of the molecule is OC[C@H](O)CC1CNC1. The third-order valence-electron chi connectivity index (χ3n) is 1.68. The molecule has 1 aliphatic rings. The molecule has 1 saturated heterocycles. The van der Waals surface area contributed by atoms with Crippen LogP contribution in [0.25, 0.3) is 0 Å². The van der Waals surface area contributed by atoms with E-state index < -0.39 is 6.10 Å². The third-order valence-corrected chi connectivity index (χ3v) is 1.68.